The van der Waals surface area contributed by atoms with Crippen LogP contribution < -0.4 is 10.7 Å². The van der Waals surface area contributed by atoms with Crippen molar-refractivity contribution in [1.82, 2.24) is 0 Å². The van der Waals surface area contributed by atoms with E-state index in [0.717, 1.165) is 43.2 Å². The van der Waals surface area contributed by atoms with E-state index in [2.05, 4.69) is 12.0 Å². The average Bonchev–Trinajstić information content (AvgIpc) is 2.96. The summed E-state index contributed by atoms with van der Waals surface area (Å²) in [5, 5.41) is 5.42. The highest BCUT2D eigenvalue weighted by atomic mass is 19.1. The molecule has 2 atom stereocenters. The number of allylic oxidation sites excluding steroid dienone is 2. The van der Waals surface area contributed by atoms with Crippen LogP contribution in [0.1, 0.15) is 71.0 Å². The lowest BCUT2D eigenvalue weighted by atomic mass is 9.90. The molecule has 40 heavy (non-hydrogen) atoms. The van der Waals surface area contributed by atoms with E-state index < -0.39 is 11.6 Å². The normalized spacial score (nSPS) is 12.5. The summed E-state index contributed by atoms with van der Waals surface area (Å²) in [7, 11) is 0. The Labute approximate surface area is 237 Å². The van der Waals surface area contributed by atoms with Crippen molar-refractivity contribution >= 4 is 18.2 Å². The number of hydrogen-bond donors (Lipinski definition) is 1. The Morgan fingerprint density at radius 3 is 2.17 bits per heavy atom. The van der Waals surface area contributed by atoms with Gasteiger partial charge in [-0.25, -0.2) is 18.2 Å². The molecule has 4 nitrogen and oxygen atoms in total. The smallest absolute Gasteiger partial charge is 0.162 e. The first-order valence-corrected chi connectivity index (χ1v) is 13.7. The maximum atomic E-state index is 14.5. The molecule has 0 radical (unpaired) electrons. The Balaban J connectivity index is 0.000000609. The second-order valence-corrected chi connectivity index (χ2v) is 8.89. The first-order valence-electron chi connectivity index (χ1n) is 13.7. The predicted molar refractivity (Wildman–Crippen MR) is 161 cm³/mol. The van der Waals surface area contributed by atoms with Gasteiger partial charge < -0.3 is 5.73 Å². The highest BCUT2D eigenvalue weighted by Gasteiger charge is 2.23. The molecule has 2 N–H and O–H groups in total. The van der Waals surface area contributed by atoms with Crippen molar-refractivity contribution in [3.63, 3.8) is 0 Å². The Morgan fingerprint density at radius 1 is 0.975 bits per heavy atom. The van der Waals surface area contributed by atoms with Crippen LogP contribution in [0.5, 0.6) is 0 Å². The fraction of sp³-hybridized carbons (Fsp3) is 0.333. The summed E-state index contributed by atoms with van der Waals surface area (Å²) in [4.78, 5) is 10.9. The largest absolute Gasteiger partial charge is 0.324 e. The molecule has 0 aliphatic rings. The second kappa shape index (κ2) is 19.4. The highest BCUT2D eigenvalue weighted by Crippen LogP contribution is 2.32. The number of benzene rings is 3. The lowest BCUT2D eigenvalue weighted by molar-refractivity contribution is -0.102. The van der Waals surface area contributed by atoms with Gasteiger partial charge in [0.1, 0.15) is 17.3 Å². The summed E-state index contributed by atoms with van der Waals surface area (Å²) in [6.45, 7) is 9.84. The molecule has 0 aliphatic heterocycles. The lowest BCUT2D eigenvalue weighted by Gasteiger charge is -2.29. The van der Waals surface area contributed by atoms with Crippen LogP contribution in [0.2, 0.25) is 0 Å². The standard InChI is InChI=1S/C23H25F3N2O.C8H11N.C2H6/c1-3-5-8-18(14-17-7-6-9-19(24)15-17)22(4-2)28(27-12-13-29)23-11-10-20(25)16-21(23)26;1-7(9)8-5-3-2-4-6-8;1-2/h4,6-7,9-13,15-16,18H,3,5,8,14H2,1-2H3;2-7H,9H2,1H3;1-2H3/b22-4+,27-12+;;/t;7-;/m.1./s1. The zero-order valence-corrected chi connectivity index (χ0v) is 24.2. The summed E-state index contributed by atoms with van der Waals surface area (Å²) >= 11 is 0. The fourth-order valence-electron chi connectivity index (χ4n) is 4.06. The molecule has 3 aromatic carbocycles. The molecule has 7 heteroatoms. The number of unbranched alkanes of at least 4 members (excludes halogenated alkanes) is 1. The third-order valence-electron chi connectivity index (χ3n) is 5.94. The molecular formula is C33H42F3N3O. The molecule has 216 valence electrons. The Hall–Kier alpha value is -3.71. The highest BCUT2D eigenvalue weighted by molar-refractivity contribution is 6.13. The molecule has 0 fully saturated rings. The van der Waals surface area contributed by atoms with Crippen molar-refractivity contribution in [1.29, 1.82) is 0 Å². The first-order chi connectivity index (χ1) is 19.3. The molecule has 1 unspecified atom stereocenters. The van der Waals surface area contributed by atoms with Crippen LogP contribution in [0, 0.1) is 23.4 Å². The van der Waals surface area contributed by atoms with Gasteiger partial charge in [0.15, 0.2) is 12.1 Å². The summed E-state index contributed by atoms with van der Waals surface area (Å²) < 4.78 is 41.6. The van der Waals surface area contributed by atoms with Gasteiger partial charge in [-0.05, 0) is 62.1 Å². The molecule has 0 saturated heterocycles. The maximum absolute atomic E-state index is 14.5. The van der Waals surface area contributed by atoms with Crippen molar-refractivity contribution in [3.8, 4) is 0 Å². The number of rotatable bonds is 11. The minimum absolute atomic E-state index is 0.0401. The number of aldehydes is 1. The summed E-state index contributed by atoms with van der Waals surface area (Å²) in [6.07, 6.45) is 6.47. The molecule has 0 saturated carbocycles. The van der Waals surface area contributed by atoms with Gasteiger partial charge in [0.05, 0.1) is 6.21 Å². The molecule has 0 aromatic heterocycles. The van der Waals surface area contributed by atoms with Gasteiger partial charge in [-0.1, -0.05) is 82.2 Å². The van der Waals surface area contributed by atoms with Crippen LogP contribution in [-0.2, 0) is 11.2 Å². The van der Waals surface area contributed by atoms with Crippen LogP contribution in [0.15, 0.2) is 89.7 Å². The van der Waals surface area contributed by atoms with E-state index in [1.54, 1.807) is 19.1 Å². The Morgan fingerprint density at radius 2 is 1.65 bits per heavy atom. The molecule has 0 spiro atoms. The fourth-order valence-corrected chi connectivity index (χ4v) is 4.06. The van der Waals surface area contributed by atoms with E-state index in [1.807, 2.05) is 57.2 Å². The van der Waals surface area contributed by atoms with E-state index >= 15 is 0 Å². The van der Waals surface area contributed by atoms with Crippen LogP contribution in [0.25, 0.3) is 0 Å². The topological polar surface area (TPSA) is 58.7 Å². The van der Waals surface area contributed by atoms with Crippen molar-refractivity contribution in [3.05, 3.63) is 113 Å². The number of hydrogen-bond acceptors (Lipinski definition) is 4. The van der Waals surface area contributed by atoms with Crippen LogP contribution in [0.4, 0.5) is 18.9 Å². The number of carbonyl (C=O) groups is 1. The van der Waals surface area contributed by atoms with Crippen LogP contribution in [-0.4, -0.2) is 12.5 Å². The van der Waals surface area contributed by atoms with E-state index in [4.69, 9.17) is 5.73 Å². The molecule has 0 bridgehead atoms. The summed E-state index contributed by atoms with van der Waals surface area (Å²) in [6, 6.07) is 19.8. The van der Waals surface area contributed by atoms with Gasteiger partial charge >= 0.3 is 0 Å². The zero-order valence-electron chi connectivity index (χ0n) is 24.2. The van der Waals surface area contributed by atoms with Gasteiger partial charge in [-0.2, -0.15) is 5.10 Å². The third-order valence-corrected chi connectivity index (χ3v) is 5.94. The van der Waals surface area contributed by atoms with Crippen molar-refractivity contribution < 1.29 is 18.0 Å². The van der Waals surface area contributed by atoms with Crippen LogP contribution >= 0.6 is 0 Å². The second-order valence-electron chi connectivity index (χ2n) is 8.89. The van der Waals surface area contributed by atoms with E-state index in [9.17, 15) is 18.0 Å². The number of carbonyl (C=O) groups excluding carboxylic acids is 1. The van der Waals surface area contributed by atoms with Gasteiger partial charge in [0.25, 0.3) is 0 Å². The van der Waals surface area contributed by atoms with Gasteiger partial charge in [-0.15, -0.1) is 0 Å². The zero-order chi connectivity index (χ0) is 29.9. The van der Waals surface area contributed by atoms with Crippen molar-refractivity contribution in [2.75, 3.05) is 5.01 Å². The van der Waals surface area contributed by atoms with Gasteiger partial charge in [0, 0.05) is 23.7 Å². The van der Waals surface area contributed by atoms with Gasteiger partial charge in [0.2, 0.25) is 0 Å². The molecular weight excluding hydrogens is 511 g/mol. The molecule has 3 rings (SSSR count). The lowest BCUT2D eigenvalue weighted by Crippen LogP contribution is -2.25. The Bertz CT molecular complexity index is 1200. The Kier molecular flexibility index (Phi) is 16.6. The minimum atomic E-state index is -0.785. The quantitative estimate of drug-likeness (QED) is 0.147. The summed E-state index contributed by atoms with van der Waals surface area (Å²) in [5.74, 6) is -1.91. The van der Waals surface area contributed by atoms with E-state index in [1.165, 1.54) is 28.8 Å². The third kappa shape index (κ3) is 11.6. The number of halogens is 3. The first kappa shape index (κ1) is 34.3. The number of nitrogens with two attached hydrogens (primary N) is 1. The predicted octanol–water partition coefficient (Wildman–Crippen LogP) is 8.78. The number of hydrazone groups is 1. The van der Waals surface area contributed by atoms with E-state index in [0.29, 0.717) is 18.4 Å². The van der Waals surface area contributed by atoms with E-state index in [-0.39, 0.29) is 23.5 Å². The number of anilines is 1. The van der Waals surface area contributed by atoms with Crippen molar-refractivity contribution in [2.45, 2.75) is 66.3 Å². The monoisotopic (exact) mass is 553 g/mol. The van der Waals surface area contributed by atoms with Crippen molar-refractivity contribution in [2.24, 2.45) is 16.8 Å². The summed E-state index contributed by atoms with van der Waals surface area (Å²) in [5.41, 5.74) is 8.31. The number of nitrogens with zero attached hydrogens (tertiary/aromatic N) is 2. The average molecular weight is 554 g/mol. The molecule has 0 heterocycles. The SMILES string of the molecule is C/C=C(\C(CCCC)Cc1cccc(F)c1)N(/N=C/C=O)c1ccc(F)cc1F.CC.C[C@@H](N)c1ccccc1. The molecule has 3 aromatic rings. The van der Waals surface area contributed by atoms with Crippen LogP contribution in [0.3, 0.4) is 0 Å². The van der Waals surface area contributed by atoms with Gasteiger partial charge in [-0.3, -0.25) is 4.79 Å². The molecule has 0 amide bonds. The minimum Gasteiger partial charge on any atom is -0.324 e. The maximum Gasteiger partial charge on any atom is 0.162 e. The molecule has 0 aliphatic carbocycles.